The third-order valence-corrected chi connectivity index (χ3v) is 2.78. The van der Waals surface area contributed by atoms with Crippen molar-refractivity contribution in [3.8, 4) is 0 Å². The Morgan fingerprint density at radius 3 is 2.57 bits per heavy atom. The molecular weight excluding hydrogens is 176 g/mol. The molecule has 1 aliphatic carbocycles. The number of aliphatic hydroxyl groups excluding tert-OH is 1. The molecule has 3 N–H and O–H groups in total. The highest BCUT2D eigenvalue weighted by Crippen LogP contribution is 2.16. The molecule has 0 amide bonds. The minimum atomic E-state index is -0.232. The number of hydrogen-bond acceptors (Lipinski definition) is 3. The number of nitrogens with one attached hydrogen (secondary N) is 2. The van der Waals surface area contributed by atoms with E-state index < -0.39 is 0 Å². The fourth-order valence-electron chi connectivity index (χ4n) is 1.98. The Labute approximate surface area is 87.3 Å². The molecule has 1 rings (SSSR count). The lowest BCUT2D eigenvalue weighted by Crippen LogP contribution is -2.37. The second-order valence-electron chi connectivity index (χ2n) is 4.34. The van der Waals surface area contributed by atoms with E-state index in [2.05, 4.69) is 10.6 Å². The maximum Gasteiger partial charge on any atom is 0.0636 e. The molecule has 1 saturated carbocycles. The Hall–Kier alpha value is -0.120. The van der Waals surface area contributed by atoms with Gasteiger partial charge >= 0.3 is 0 Å². The Morgan fingerprint density at radius 1 is 1.21 bits per heavy atom. The molecule has 1 aliphatic rings. The van der Waals surface area contributed by atoms with E-state index in [-0.39, 0.29) is 6.10 Å². The van der Waals surface area contributed by atoms with Gasteiger partial charge in [-0.15, -0.1) is 0 Å². The van der Waals surface area contributed by atoms with Crippen LogP contribution in [0.3, 0.4) is 0 Å². The topological polar surface area (TPSA) is 44.3 Å². The Bertz CT molecular complexity index is 133. The van der Waals surface area contributed by atoms with Crippen LogP contribution in [-0.2, 0) is 0 Å². The number of hydrogen-bond donors (Lipinski definition) is 3. The van der Waals surface area contributed by atoms with Gasteiger partial charge in [-0.25, -0.2) is 0 Å². The van der Waals surface area contributed by atoms with Crippen molar-refractivity contribution in [2.75, 3.05) is 19.6 Å². The lowest BCUT2D eigenvalue weighted by atomic mass is 9.95. The average Bonchev–Trinajstić information content (AvgIpc) is 2.18. The predicted octanol–water partition coefficient (Wildman–Crippen LogP) is 0.879. The van der Waals surface area contributed by atoms with Crippen LogP contribution in [0.5, 0.6) is 0 Å². The molecule has 14 heavy (non-hydrogen) atoms. The van der Waals surface area contributed by atoms with E-state index >= 15 is 0 Å². The maximum atomic E-state index is 9.02. The fourth-order valence-corrected chi connectivity index (χ4v) is 1.98. The van der Waals surface area contributed by atoms with Crippen molar-refractivity contribution in [3.05, 3.63) is 0 Å². The summed E-state index contributed by atoms with van der Waals surface area (Å²) in [7, 11) is 0. The predicted molar refractivity (Wildman–Crippen MR) is 59.4 cm³/mol. The molecule has 0 bridgehead atoms. The third-order valence-electron chi connectivity index (χ3n) is 2.78. The first-order valence-electron chi connectivity index (χ1n) is 5.91. The Balaban J connectivity index is 1.87. The molecule has 3 nitrogen and oxygen atoms in total. The van der Waals surface area contributed by atoms with Gasteiger partial charge in [0, 0.05) is 25.7 Å². The van der Waals surface area contributed by atoms with Gasteiger partial charge < -0.3 is 15.7 Å². The zero-order valence-corrected chi connectivity index (χ0v) is 9.26. The highest BCUT2D eigenvalue weighted by Gasteiger charge is 2.11. The molecule has 0 aromatic carbocycles. The van der Waals surface area contributed by atoms with Crippen molar-refractivity contribution in [1.82, 2.24) is 10.6 Å². The second-order valence-corrected chi connectivity index (χ2v) is 4.34. The van der Waals surface area contributed by atoms with Gasteiger partial charge in [-0.2, -0.15) is 0 Å². The summed E-state index contributed by atoms with van der Waals surface area (Å²) in [6, 6.07) is 0.747. The molecule has 0 heterocycles. The quantitative estimate of drug-likeness (QED) is 0.558. The minimum absolute atomic E-state index is 0.232. The highest BCUT2D eigenvalue weighted by molar-refractivity contribution is 4.72. The van der Waals surface area contributed by atoms with Crippen LogP contribution in [0.2, 0.25) is 0 Å². The molecular formula is C11H24N2O. The van der Waals surface area contributed by atoms with Crippen molar-refractivity contribution < 1.29 is 5.11 Å². The first kappa shape index (κ1) is 12.0. The SMILES string of the molecule is CC(O)CNCCNC1CCCCC1. The summed E-state index contributed by atoms with van der Waals surface area (Å²) >= 11 is 0. The molecule has 3 heteroatoms. The van der Waals surface area contributed by atoms with Gasteiger partial charge in [-0.05, 0) is 19.8 Å². The molecule has 0 aromatic heterocycles. The van der Waals surface area contributed by atoms with Crippen LogP contribution in [-0.4, -0.2) is 36.9 Å². The van der Waals surface area contributed by atoms with Crippen LogP contribution in [0.15, 0.2) is 0 Å². The highest BCUT2D eigenvalue weighted by atomic mass is 16.3. The summed E-state index contributed by atoms with van der Waals surface area (Å²) in [5.41, 5.74) is 0. The summed E-state index contributed by atoms with van der Waals surface area (Å²) in [6.45, 7) is 4.49. The molecule has 0 saturated heterocycles. The van der Waals surface area contributed by atoms with E-state index in [0.29, 0.717) is 6.54 Å². The normalized spacial score (nSPS) is 21.0. The van der Waals surface area contributed by atoms with Gasteiger partial charge in [0.15, 0.2) is 0 Å². The Morgan fingerprint density at radius 2 is 1.93 bits per heavy atom. The van der Waals surface area contributed by atoms with E-state index in [9.17, 15) is 0 Å². The second kappa shape index (κ2) is 7.21. The van der Waals surface area contributed by atoms with Crippen molar-refractivity contribution in [1.29, 1.82) is 0 Å². The van der Waals surface area contributed by atoms with Crippen LogP contribution >= 0.6 is 0 Å². The van der Waals surface area contributed by atoms with E-state index in [1.54, 1.807) is 0 Å². The lowest BCUT2D eigenvalue weighted by Gasteiger charge is -2.22. The van der Waals surface area contributed by atoms with Gasteiger partial charge in [-0.3, -0.25) is 0 Å². The van der Waals surface area contributed by atoms with Crippen LogP contribution < -0.4 is 10.6 Å². The van der Waals surface area contributed by atoms with Gasteiger partial charge in [0.1, 0.15) is 0 Å². The van der Waals surface area contributed by atoms with Crippen molar-refractivity contribution >= 4 is 0 Å². The van der Waals surface area contributed by atoms with E-state index in [4.69, 9.17) is 5.11 Å². The molecule has 84 valence electrons. The van der Waals surface area contributed by atoms with Gasteiger partial charge in [0.2, 0.25) is 0 Å². The Kier molecular flexibility index (Phi) is 6.15. The van der Waals surface area contributed by atoms with E-state index in [1.165, 1.54) is 32.1 Å². The van der Waals surface area contributed by atoms with E-state index in [0.717, 1.165) is 19.1 Å². The molecule has 0 aromatic rings. The molecule has 1 unspecified atom stereocenters. The number of aliphatic hydroxyl groups is 1. The zero-order chi connectivity index (χ0) is 10.2. The summed E-state index contributed by atoms with van der Waals surface area (Å²) in [5, 5.41) is 15.8. The largest absolute Gasteiger partial charge is 0.392 e. The average molecular weight is 200 g/mol. The first-order chi connectivity index (χ1) is 6.79. The summed E-state index contributed by atoms with van der Waals surface area (Å²) in [5.74, 6) is 0. The van der Waals surface area contributed by atoms with Gasteiger partial charge in [-0.1, -0.05) is 19.3 Å². The zero-order valence-electron chi connectivity index (χ0n) is 9.26. The van der Waals surface area contributed by atoms with Gasteiger partial charge in [0.25, 0.3) is 0 Å². The van der Waals surface area contributed by atoms with Crippen molar-refractivity contribution in [3.63, 3.8) is 0 Å². The molecule has 1 atom stereocenters. The maximum absolute atomic E-state index is 9.02. The smallest absolute Gasteiger partial charge is 0.0636 e. The van der Waals surface area contributed by atoms with Gasteiger partial charge in [0.05, 0.1) is 6.10 Å². The summed E-state index contributed by atoms with van der Waals surface area (Å²) < 4.78 is 0. The lowest BCUT2D eigenvalue weighted by molar-refractivity contribution is 0.191. The molecule has 0 spiro atoms. The van der Waals surface area contributed by atoms with E-state index in [1.807, 2.05) is 6.92 Å². The monoisotopic (exact) mass is 200 g/mol. The summed E-state index contributed by atoms with van der Waals surface area (Å²) in [4.78, 5) is 0. The molecule has 1 fully saturated rings. The van der Waals surface area contributed by atoms with Crippen molar-refractivity contribution in [2.45, 2.75) is 51.2 Å². The fraction of sp³-hybridized carbons (Fsp3) is 1.00. The summed E-state index contributed by atoms with van der Waals surface area (Å²) in [6.07, 6.45) is 6.65. The van der Waals surface area contributed by atoms with Crippen LogP contribution in [0, 0.1) is 0 Å². The number of rotatable bonds is 6. The standard InChI is InChI=1S/C11H24N2O/c1-10(14)9-12-7-8-13-11-5-3-2-4-6-11/h10-14H,2-9H2,1H3. The third kappa shape index (κ3) is 5.58. The minimum Gasteiger partial charge on any atom is -0.392 e. The molecule has 0 radical (unpaired) electrons. The van der Waals surface area contributed by atoms with Crippen molar-refractivity contribution in [2.24, 2.45) is 0 Å². The van der Waals surface area contributed by atoms with Crippen LogP contribution in [0.25, 0.3) is 0 Å². The van der Waals surface area contributed by atoms with Crippen LogP contribution in [0.1, 0.15) is 39.0 Å². The molecule has 0 aliphatic heterocycles. The van der Waals surface area contributed by atoms with Crippen LogP contribution in [0.4, 0.5) is 0 Å². The first-order valence-corrected chi connectivity index (χ1v) is 5.91.